The summed E-state index contributed by atoms with van der Waals surface area (Å²) in [6.07, 6.45) is 6.55. The average molecular weight is 370 g/mol. The Hall–Kier alpha value is -2.78. The second kappa shape index (κ2) is 9.24. The van der Waals surface area contributed by atoms with Gasteiger partial charge < -0.3 is 9.47 Å². The summed E-state index contributed by atoms with van der Waals surface area (Å²) in [4.78, 5) is 28.5. The van der Waals surface area contributed by atoms with E-state index in [1.165, 1.54) is 11.0 Å². The first-order valence-electron chi connectivity index (χ1n) is 8.86. The van der Waals surface area contributed by atoms with Crippen molar-refractivity contribution in [1.29, 1.82) is 0 Å². The van der Waals surface area contributed by atoms with Crippen LogP contribution in [0.3, 0.4) is 0 Å². The van der Waals surface area contributed by atoms with E-state index in [-0.39, 0.29) is 19.8 Å². The number of amides is 1. The first-order chi connectivity index (χ1) is 12.9. The fourth-order valence-corrected chi connectivity index (χ4v) is 2.84. The van der Waals surface area contributed by atoms with Crippen LogP contribution in [0.1, 0.15) is 19.4 Å². The molecule has 0 radical (unpaired) electrons. The lowest BCUT2D eigenvalue weighted by atomic mass is 10.0. The Morgan fingerprint density at radius 1 is 1.30 bits per heavy atom. The Labute approximate surface area is 160 Å². The molecule has 2 rings (SSSR count). The van der Waals surface area contributed by atoms with Crippen LogP contribution >= 0.6 is 0 Å². The van der Waals surface area contributed by atoms with Crippen LogP contribution in [0.15, 0.2) is 43.0 Å². The predicted molar refractivity (Wildman–Crippen MR) is 103 cm³/mol. The van der Waals surface area contributed by atoms with Crippen LogP contribution in [0.4, 0.5) is 4.79 Å². The van der Waals surface area contributed by atoms with Crippen LogP contribution in [0.2, 0.25) is 0 Å². The van der Waals surface area contributed by atoms with Gasteiger partial charge in [0.2, 0.25) is 0 Å². The number of terminal acetylenes is 1. The van der Waals surface area contributed by atoms with Crippen molar-refractivity contribution >= 4 is 12.1 Å². The largest absolute Gasteiger partial charge is 0.459 e. The summed E-state index contributed by atoms with van der Waals surface area (Å²) in [7, 11) is 0. The first kappa shape index (κ1) is 20.5. The number of hydrogen-bond donors (Lipinski definition) is 0. The van der Waals surface area contributed by atoms with Crippen LogP contribution in [0, 0.1) is 12.3 Å². The molecule has 1 amide bonds. The second-order valence-electron chi connectivity index (χ2n) is 6.82. The van der Waals surface area contributed by atoms with Gasteiger partial charge >= 0.3 is 12.1 Å². The molecule has 27 heavy (non-hydrogen) atoms. The van der Waals surface area contributed by atoms with E-state index in [1.54, 1.807) is 0 Å². The van der Waals surface area contributed by atoms with Gasteiger partial charge in [-0.05, 0) is 19.4 Å². The molecule has 1 atom stereocenters. The first-order valence-corrected chi connectivity index (χ1v) is 8.86. The monoisotopic (exact) mass is 370 g/mol. The molecule has 0 bridgehead atoms. The van der Waals surface area contributed by atoms with Gasteiger partial charge in [0.1, 0.15) is 19.3 Å². The Bertz CT molecular complexity index is 709. The smallest absolute Gasteiger partial charge is 0.410 e. The Morgan fingerprint density at radius 2 is 2.00 bits per heavy atom. The zero-order valence-electron chi connectivity index (χ0n) is 15.9. The van der Waals surface area contributed by atoms with Crippen LogP contribution in [-0.2, 0) is 20.9 Å². The number of piperazine rings is 1. The van der Waals surface area contributed by atoms with Crippen molar-refractivity contribution in [3.63, 3.8) is 0 Å². The predicted octanol–water partition coefficient (Wildman–Crippen LogP) is 2.45. The molecule has 1 aliphatic rings. The van der Waals surface area contributed by atoms with Gasteiger partial charge in [-0.2, -0.15) is 0 Å². The van der Waals surface area contributed by atoms with Crippen molar-refractivity contribution in [2.24, 2.45) is 0 Å². The molecule has 0 aliphatic carbocycles. The van der Waals surface area contributed by atoms with Crippen molar-refractivity contribution in [3.05, 3.63) is 48.6 Å². The van der Waals surface area contributed by atoms with Crippen molar-refractivity contribution in [3.8, 4) is 12.3 Å². The fourth-order valence-electron chi connectivity index (χ4n) is 2.84. The van der Waals surface area contributed by atoms with E-state index in [4.69, 9.17) is 15.9 Å². The molecule has 1 heterocycles. The number of benzene rings is 1. The van der Waals surface area contributed by atoms with Gasteiger partial charge in [0.05, 0.1) is 5.54 Å². The van der Waals surface area contributed by atoms with Gasteiger partial charge in [0.15, 0.2) is 0 Å². The maximum Gasteiger partial charge on any atom is 0.410 e. The lowest BCUT2D eigenvalue weighted by Gasteiger charge is -2.44. The summed E-state index contributed by atoms with van der Waals surface area (Å²) < 4.78 is 10.6. The van der Waals surface area contributed by atoms with Crippen molar-refractivity contribution < 1.29 is 19.1 Å². The number of hydrogen-bond acceptors (Lipinski definition) is 5. The van der Waals surface area contributed by atoms with E-state index in [9.17, 15) is 9.59 Å². The van der Waals surface area contributed by atoms with Crippen LogP contribution in [0.25, 0.3) is 0 Å². The lowest BCUT2D eigenvalue weighted by molar-refractivity contribution is -0.153. The summed E-state index contributed by atoms with van der Waals surface area (Å²) >= 11 is 0. The standard InChI is InChI=1S/C21H26N2O4/c1-5-14-26-20(25)23-13-12-22(21(3,4)6-2)15-18(23)19(24)27-16-17-10-8-7-9-11-17/h2,5,7-11,18H,1,12-16H2,3-4H3/t18-/m0/s1. The summed E-state index contributed by atoms with van der Waals surface area (Å²) in [5.74, 6) is 2.25. The molecular formula is C21H26N2O4. The zero-order chi connectivity index (χ0) is 19.9. The van der Waals surface area contributed by atoms with Gasteiger partial charge in [-0.25, -0.2) is 9.59 Å². The van der Waals surface area contributed by atoms with Crippen LogP contribution in [0.5, 0.6) is 0 Å². The van der Waals surface area contributed by atoms with E-state index < -0.39 is 23.6 Å². The van der Waals surface area contributed by atoms with E-state index in [1.807, 2.05) is 49.1 Å². The molecule has 0 saturated carbocycles. The molecule has 0 unspecified atom stereocenters. The third-order valence-electron chi connectivity index (χ3n) is 4.58. The molecule has 1 aliphatic heterocycles. The van der Waals surface area contributed by atoms with Crippen LogP contribution in [-0.4, -0.2) is 59.7 Å². The van der Waals surface area contributed by atoms with Gasteiger partial charge in [0.25, 0.3) is 0 Å². The molecule has 1 aromatic rings. The number of rotatable bonds is 6. The maximum absolute atomic E-state index is 12.8. The van der Waals surface area contributed by atoms with E-state index >= 15 is 0 Å². The molecule has 1 aromatic carbocycles. The third kappa shape index (κ3) is 5.35. The average Bonchev–Trinajstić information content (AvgIpc) is 2.70. The summed E-state index contributed by atoms with van der Waals surface area (Å²) in [5.41, 5.74) is 0.345. The number of nitrogens with zero attached hydrogens (tertiary/aromatic N) is 2. The molecule has 1 fully saturated rings. The Balaban J connectivity index is 2.12. The molecule has 0 spiro atoms. The van der Waals surface area contributed by atoms with Gasteiger partial charge in [0, 0.05) is 19.6 Å². The normalized spacial score (nSPS) is 17.7. The SMILES string of the molecule is C#CC(C)(C)N1CCN(C(=O)OCC=C)[C@H](C(=O)OCc2ccccc2)C1. The number of ether oxygens (including phenoxy) is 2. The number of carbonyl (C=O) groups is 2. The fraction of sp³-hybridized carbons (Fsp3) is 0.429. The maximum atomic E-state index is 12.8. The highest BCUT2D eigenvalue weighted by atomic mass is 16.6. The van der Waals surface area contributed by atoms with E-state index in [0.717, 1.165) is 5.56 Å². The van der Waals surface area contributed by atoms with E-state index in [0.29, 0.717) is 13.1 Å². The summed E-state index contributed by atoms with van der Waals surface area (Å²) in [6.45, 7) is 8.73. The minimum atomic E-state index is -0.785. The Kier molecular flexibility index (Phi) is 7.03. The van der Waals surface area contributed by atoms with Gasteiger partial charge in [-0.3, -0.25) is 9.80 Å². The van der Waals surface area contributed by atoms with Crippen molar-refractivity contribution in [2.45, 2.75) is 32.0 Å². The van der Waals surface area contributed by atoms with Gasteiger partial charge in [-0.1, -0.05) is 48.9 Å². The molecule has 144 valence electrons. The van der Waals surface area contributed by atoms with Crippen molar-refractivity contribution in [2.75, 3.05) is 26.2 Å². The van der Waals surface area contributed by atoms with Crippen LogP contribution < -0.4 is 0 Å². The molecule has 1 saturated heterocycles. The molecule has 0 N–H and O–H groups in total. The number of esters is 1. The molecule has 6 heteroatoms. The molecule has 0 aromatic heterocycles. The minimum absolute atomic E-state index is 0.0840. The highest BCUT2D eigenvalue weighted by molar-refractivity contribution is 5.82. The Morgan fingerprint density at radius 3 is 2.63 bits per heavy atom. The number of carbonyl (C=O) groups excluding carboxylic acids is 2. The van der Waals surface area contributed by atoms with E-state index in [2.05, 4.69) is 12.5 Å². The molecule has 6 nitrogen and oxygen atoms in total. The van der Waals surface area contributed by atoms with Crippen molar-refractivity contribution in [1.82, 2.24) is 9.80 Å². The summed E-state index contributed by atoms with van der Waals surface area (Å²) in [5, 5.41) is 0. The summed E-state index contributed by atoms with van der Waals surface area (Å²) in [6, 6.07) is 8.60. The third-order valence-corrected chi connectivity index (χ3v) is 4.58. The quantitative estimate of drug-likeness (QED) is 0.437. The highest BCUT2D eigenvalue weighted by Crippen LogP contribution is 2.21. The molecular weight excluding hydrogens is 344 g/mol. The van der Waals surface area contributed by atoms with Gasteiger partial charge in [-0.15, -0.1) is 6.42 Å². The highest BCUT2D eigenvalue weighted by Gasteiger charge is 2.41. The lowest BCUT2D eigenvalue weighted by Crippen LogP contribution is -2.62. The topological polar surface area (TPSA) is 59.1 Å². The zero-order valence-corrected chi connectivity index (χ0v) is 15.9. The minimum Gasteiger partial charge on any atom is -0.459 e. The second-order valence-corrected chi connectivity index (χ2v) is 6.82.